The number of aryl methyl sites for hydroxylation is 1. The van der Waals surface area contributed by atoms with E-state index in [0.717, 1.165) is 16.9 Å². The molecular weight excluding hydrogens is 264 g/mol. The van der Waals surface area contributed by atoms with E-state index in [0.29, 0.717) is 23.2 Å². The SMILES string of the molecule is CCOc1cccc(-c2cc3c(O)cc(C)cc3nn2)c1. The van der Waals surface area contributed by atoms with Crippen molar-refractivity contribution in [1.29, 1.82) is 0 Å². The summed E-state index contributed by atoms with van der Waals surface area (Å²) in [5.41, 5.74) is 3.27. The highest BCUT2D eigenvalue weighted by Crippen LogP contribution is 2.29. The molecule has 4 nitrogen and oxygen atoms in total. The fourth-order valence-electron chi connectivity index (χ4n) is 2.32. The number of hydrogen-bond acceptors (Lipinski definition) is 4. The van der Waals surface area contributed by atoms with Gasteiger partial charge in [0.05, 0.1) is 17.8 Å². The molecule has 0 aliphatic carbocycles. The first kappa shape index (κ1) is 13.4. The molecule has 0 radical (unpaired) electrons. The Bertz CT molecular complexity index is 800. The molecule has 1 N–H and O–H groups in total. The molecule has 3 aromatic rings. The molecule has 0 unspecified atom stereocenters. The summed E-state index contributed by atoms with van der Waals surface area (Å²) in [7, 11) is 0. The van der Waals surface area contributed by atoms with Gasteiger partial charge in [0.15, 0.2) is 0 Å². The third kappa shape index (κ3) is 2.65. The monoisotopic (exact) mass is 280 g/mol. The van der Waals surface area contributed by atoms with Crippen LogP contribution in [0.15, 0.2) is 42.5 Å². The van der Waals surface area contributed by atoms with Gasteiger partial charge in [-0.1, -0.05) is 12.1 Å². The lowest BCUT2D eigenvalue weighted by molar-refractivity contribution is 0.340. The molecule has 0 fully saturated rings. The molecule has 0 atom stereocenters. The van der Waals surface area contributed by atoms with Crippen LogP contribution in [0.5, 0.6) is 11.5 Å². The van der Waals surface area contributed by atoms with E-state index in [1.54, 1.807) is 6.07 Å². The zero-order valence-electron chi connectivity index (χ0n) is 12.0. The van der Waals surface area contributed by atoms with Crippen LogP contribution in [0.4, 0.5) is 0 Å². The number of aromatic nitrogens is 2. The Morgan fingerprint density at radius 2 is 1.95 bits per heavy atom. The van der Waals surface area contributed by atoms with Gasteiger partial charge in [-0.3, -0.25) is 0 Å². The lowest BCUT2D eigenvalue weighted by atomic mass is 10.1. The van der Waals surface area contributed by atoms with Crippen molar-refractivity contribution in [2.24, 2.45) is 0 Å². The maximum absolute atomic E-state index is 10.1. The smallest absolute Gasteiger partial charge is 0.125 e. The van der Waals surface area contributed by atoms with Gasteiger partial charge in [-0.05, 0) is 49.7 Å². The molecule has 0 bridgehead atoms. The van der Waals surface area contributed by atoms with Gasteiger partial charge in [-0.25, -0.2) is 0 Å². The Labute approximate surface area is 123 Å². The number of rotatable bonds is 3. The first-order valence-electron chi connectivity index (χ1n) is 6.87. The number of benzene rings is 2. The number of hydrogen-bond donors (Lipinski definition) is 1. The molecule has 106 valence electrons. The summed E-state index contributed by atoms with van der Waals surface area (Å²) >= 11 is 0. The van der Waals surface area contributed by atoms with Crippen molar-refractivity contribution in [2.75, 3.05) is 6.61 Å². The molecule has 4 heteroatoms. The normalized spacial score (nSPS) is 10.8. The molecular formula is C17H16N2O2. The summed E-state index contributed by atoms with van der Waals surface area (Å²) in [4.78, 5) is 0. The molecule has 0 saturated carbocycles. The number of phenols is 1. The molecule has 0 aliphatic heterocycles. The van der Waals surface area contributed by atoms with Crippen LogP contribution >= 0.6 is 0 Å². The van der Waals surface area contributed by atoms with Crippen LogP contribution in [0.1, 0.15) is 12.5 Å². The van der Waals surface area contributed by atoms with Crippen LogP contribution < -0.4 is 4.74 Å². The second kappa shape index (κ2) is 5.40. The largest absolute Gasteiger partial charge is 0.507 e. The fourth-order valence-corrected chi connectivity index (χ4v) is 2.32. The average Bonchev–Trinajstić information content (AvgIpc) is 2.47. The highest BCUT2D eigenvalue weighted by molar-refractivity contribution is 5.87. The van der Waals surface area contributed by atoms with E-state index in [1.165, 1.54) is 0 Å². The zero-order valence-corrected chi connectivity index (χ0v) is 12.0. The van der Waals surface area contributed by atoms with Gasteiger partial charge in [0, 0.05) is 10.9 Å². The molecule has 2 aromatic carbocycles. The van der Waals surface area contributed by atoms with Gasteiger partial charge in [0.2, 0.25) is 0 Å². The minimum Gasteiger partial charge on any atom is -0.507 e. The molecule has 1 heterocycles. The molecule has 1 aromatic heterocycles. The topological polar surface area (TPSA) is 55.2 Å². The first-order chi connectivity index (χ1) is 10.2. The minimum atomic E-state index is 0.224. The number of nitrogens with zero attached hydrogens (tertiary/aromatic N) is 2. The third-order valence-electron chi connectivity index (χ3n) is 3.27. The van der Waals surface area contributed by atoms with Gasteiger partial charge in [-0.15, -0.1) is 10.2 Å². The lowest BCUT2D eigenvalue weighted by Crippen LogP contribution is -1.93. The highest BCUT2D eigenvalue weighted by atomic mass is 16.5. The standard InChI is InChI=1S/C17H16N2O2/c1-3-21-13-6-4-5-12(9-13)15-10-14-16(19-18-15)7-11(2)8-17(14)20/h4-10,20H,3H2,1-2H3. The Kier molecular flexibility index (Phi) is 3.44. The Morgan fingerprint density at radius 1 is 1.10 bits per heavy atom. The predicted octanol–water partition coefficient (Wildman–Crippen LogP) is 3.71. The van der Waals surface area contributed by atoms with Crippen molar-refractivity contribution >= 4 is 10.9 Å². The third-order valence-corrected chi connectivity index (χ3v) is 3.27. The number of fused-ring (bicyclic) bond motifs is 1. The van der Waals surface area contributed by atoms with E-state index in [1.807, 2.05) is 50.2 Å². The van der Waals surface area contributed by atoms with Gasteiger partial charge in [0.1, 0.15) is 11.5 Å². The van der Waals surface area contributed by atoms with E-state index < -0.39 is 0 Å². The van der Waals surface area contributed by atoms with Crippen molar-refractivity contribution in [3.05, 3.63) is 48.0 Å². The molecule has 3 rings (SSSR count). The zero-order chi connectivity index (χ0) is 14.8. The van der Waals surface area contributed by atoms with Crippen molar-refractivity contribution in [1.82, 2.24) is 10.2 Å². The number of phenolic OH excluding ortho intramolecular Hbond substituents is 1. The average molecular weight is 280 g/mol. The van der Waals surface area contributed by atoms with Crippen LogP contribution in [0.2, 0.25) is 0 Å². The van der Waals surface area contributed by atoms with Crippen molar-refractivity contribution in [3.63, 3.8) is 0 Å². The van der Waals surface area contributed by atoms with Gasteiger partial charge in [0.25, 0.3) is 0 Å². The Balaban J connectivity index is 2.10. The molecule has 21 heavy (non-hydrogen) atoms. The van der Waals surface area contributed by atoms with Crippen LogP contribution in [-0.2, 0) is 0 Å². The van der Waals surface area contributed by atoms with Gasteiger partial charge in [-0.2, -0.15) is 0 Å². The van der Waals surface area contributed by atoms with Crippen LogP contribution in [0.25, 0.3) is 22.2 Å². The van der Waals surface area contributed by atoms with E-state index >= 15 is 0 Å². The maximum atomic E-state index is 10.1. The van der Waals surface area contributed by atoms with Crippen LogP contribution in [-0.4, -0.2) is 21.9 Å². The summed E-state index contributed by atoms with van der Waals surface area (Å²) in [6, 6.07) is 13.2. The molecule has 0 spiro atoms. The second-order valence-electron chi connectivity index (χ2n) is 4.91. The quantitative estimate of drug-likeness (QED) is 0.794. The Morgan fingerprint density at radius 3 is 2.76 bits per heavy atom. The second-order valence-corrected chi connectivity index (χ2v) is 4.91. The van der Waals surface area contributed by atoms with Crippen LogP contribution in [0.3, 0.4) is 0 Å². The van der Waals surface area contributed by atoms with Crippen molar-refractivity contribution in [3.8, 4) is 22.8 Å². The van der Waals surface area contributed by atoms with E-state index in [2.05, 4.69) is 10.2 Å². The molecule has 0 amide bonds. The van der Waals surface area contributed by atoms with Crippen molar-refractivity contribution in [2.45, 2.75) is 13.8 Å². The predicted molar refractivity (Wildman–Crippen MR) is 82.5 cm³/mol. The van der Waals surface area contributed by atoms with Gasteiger partial charge < -0.3 is 9.84 Å². The van der Waals surface area contributed by atoms with Crippen LogP contribution in [0, 0.1) is 6.92 Å². The summed E-state index contributed by atoms with van der Waals surface area (Å²) in [6.45, 7) is 4.48. The number of ether oxygens (including phenoxy) is 1. The minimum absolute atomic E-state index is 0.224. The summed E-state index contributed by atoms with van der Waals surface area (Å²) in [5.74, 6) is 1.02. The van der Waals surface area contributed by atoms with E-state index in [-0.39, 0.29) is 5.75 Å². The lowest BCUT2D eigenvalue weighted by Gasteiger charge is -2.07. The van der Waals surface area contributed by atoms with E-state index in [4.69, 9.17) is 4.74 Å². The highest BCUT2D eigenvalue weighted by Gasteiger charge is 2.08. The summed E-state index contributed by atoms with van der Waals surface area (Å²) < 4.78 is 5.50. The molecule has 0 aliphatic rings. The van der Waals surface area contributed by atoms with Crippen molar-refractivity contribution < 1.29 is 9.84 Å². The Hall–Kier alpha value is -2.62. The number of aromatic hydroxyl groups is 1. The summed E-state index contributed by atoms with van der Waals surface area (Å²) in [5, 5.41) is 19.2. The maximum Gasteiger partial charge on any atom is 0.125 e. The fraction of sp³-hybridized carbons (Fsp3) is 0.176. The summed E-state index contributed by atoms with van der Waals surface area (Å²) in [6.07, 6.45) is 0. The first-order valence-corrected chi connectivity index (χ1v) is 6.87. The van der Waals surface area contributed by atoms with Gasteiger partial charge >= 0.3 is 0 Å². The molecule has 0 saturated heterocycles. The van der Waals surface area contributed by atoms with E-state index in [9.17, 15) is 5.11 Å².